The van der Waals surface area contributed by atoms with E-state index < -0.39 is 0 Å². The van der Waals surface area contributed by atoms with Crippen molar-refractivity contribution in [2.24, 2.45) is 5.92 Å². The molecule has 16 heavy (non-hydrogen) atoms. The average molecular weight is 240 g/mol. The molecule has 0 aromatic carbocycles. The highest BCUT2D eigenvalue weighted by molar-refractivity contribution is 7.09. The number of aromatic nitrogens is 1. The summed E-state index contributed by atoms with van der Waals surface area (Å²) in [6.45, 7) is 6.73. The minimum Gasteiger partial charge on any atom is -0.340 e. The fourth-order valence-electron chi connectivity index (χ4n) is 1.75. The van der Waals surface area contributed by atoms with Gasteiger partial charge in [-0.05, 0) is 19.8 Å². The second kappa shape index (κ2) is 5.99. The van der Waals surface area contributed by atoms with E-state index in [2.05, 4.69) is 18.8 Å². The van der Waals surface area contributed by atoms with E-state index in [1.807, 2.05) is 19.4 Å². The van der Waals surface area contributed by atoms with Crippen LogP contribution in [0.25, 0.3) is 0 Å². The second-order valence-corrected chi connectivity index (χ2v) is 5.13. The van der Waals surface area contributed by atoms with Crippen molar-refractivity contribution in [3.8, 4) is 0 Å². The quantitative estimate of drug-likeness (QED) is 0.793. The fraction of sp³-hybridized carbons (Fsp3) is 0.667. The molecule has 0 fully saturated rings. The Morgan fingerprint density at radius 1 is 1.50 bits per heavy atom. The molecule has 0 N–H and O–H groups in total. The minimum atomic E-state index is 0.157. The molecular formula is C12H20N2OS. The van der Waals surface area contributed by atoms with Crippen molar-refractivity contribution in [3.63, 3.8) is 0 Å². The van der Waals surface area contributed by atoms with Crippen molar-refractivity contribution in [2.75, 3.05) is 7.05 Å². The molecule has 1 heterocycles. The molecule has 4 heteroatoms. The number of nitrogens with zero attached hydrogens (tertiary/aromatic N) is 2. The Kier molecular flexibility index (Phi) is 4.93. The smallest absolute Gasteiger partial charge is 0.225 e. The number of aryl methyl sites for hydroxylation is 1. The normalized spacial score (nSPS) is 10.8. The van der Waals surface area contributed by atoms with Crippen molar-refractivity contribution >= 4 is 17.2 Å². The topological polar surface area (TPSA) is 33.2 Å². The maximum absolute atomic E-state index is 12.0. The van der Waals surface area contributed by atoms with Gasteiger partial charge in [-0.3, -0.25) is 4.79 Å². The first-order chi connectivity index (χ1) is 7.58. The molecule has 0 bridgehead atoms. The number of carbonyl (C=O) groups is 1. The Bertz CT molecular complexity index is 345. The highest BCUT2D eigenvalue weighted by Crippen LogP contribution is 2.14. The van der Waals surface area contributed by atoms with Gasteiger partial charge >= 0.3 is 0 Å². The molecule has 0 radical (unpaired) electrons. The van der Waals surface area contributed by atoms with Crippen LogP contribution in [0.3, 0.4) is 0 Å². The first-order valence-electron chi connectivity index (χ1n) is 5.74. The van der Waals surface area contributed by atoms with Gasteiger partial charge in [-0.25, -0.2) is 4.98 Å². The summed E-state index contributed by atoms with van der Waals surface area (Å²) >= 11 is 1.63. The summed E-state index contributed by atoms with van der Waals surface area (Å²) in [5, 5.41) is 3.07. The zero-order valence-corrected chi connectivity index (χ0v) is 11.3. The maximum Gasteiger partial charge on any atom is 0.225 e. The lowest BCUT2D eigenvalue weighted by Crippen LogP contribution is -2.32. The number of hydrogen-bond acceptors (Lipinski definition) is 3. The molecule has 1 amide bonds. The van der Waals surface area contributed by atoms with Gasteiger partial charge in [0.15, 0.2) is 0 Å². The van der Waals surface area contributed by atoms with Crippen molar-refractivity contribution in [3.05, 3.63) is 16.1 Å². The largest absolute Gasteiger partial charge is 0.340 e. The van der Waals surface area contributed by atoms with Crippen LogP contribution < -0.4 is 0 Å². The highest BCUT2D eigenvalue weighted by atomic mass is 32.1. The lowest BCUT2D eigenvalue weighted by atomic mass is 10.0. The molecule has 3 nitrogen and oxygen atoms in total. The maximum atomic E-state index is 12.0. The third kappa shape index (κ3) is 3.30. The van der Waals surface area contributed by atoms with Crippen LogP contribution >= 0.6 is 11.3 Å². The molecule has 1 aromatic rings. The molecule has 0 saturated heterocycles. The van der Waals surface area contributed by atoms with Gasteiger partial charge in [0, 0.05) is 18.3 Å². The van der Waals surface area contributed by atoms with E-state index in [1.54, 1.807) is 16.2 Å². The number of hydrogen-bond donors (Lipinski definition) is 0. The van der Waals surface area contributed by atoms with Gasteiger partial charge in [0.25, 0.3) is 0 Å². The first kappa shape index (κ1) is 13.2. The third-order valence-electron chi connectivity index (χ3n) is 2.78. The summed E-state index contributed by atoms with van der Waals surface area (Å²) in [5.41, 5.74) is 0.990. The van der Waals surface area contributed by atoms with Crippen LogP contribution in [0.2, 0.25) is 0 Å². The van der Waals surface area contributed by atoms with E-state index in [1.165, 1.54) is 0 Å². The SMILES string of the molecule is CCC(CC)C(=O)N(C)Cc1csc(C)n1. The molecule has 90 valence electrons. The summed E-state index contributed by atoms with van der Waals surface area (Å²) in [6, 6.07) is 0. The van der Waals surface area contributed by atoms with Crippen LogP contribution in [0.15, 0.2) is 5.38 Å². The van der Waals surface area contributed by atoms with Crippen LogP contribution in [-0.2, 0) is 11.3 Å². The zero-order valence-electron chi connectivity index (χ0n) is 10.5. The predicted octanol–water partition coefficient (Wildman–Crippen LogP) is 2.85. The molecule has 0 aliphatic carbocycles. The molecule has 0 atom stereocenters. The van der Waals surface area contributed by atoms with Crippen LogP contribution in [0, 0.1) is 12.8 Å². The monoisotopic (exact) mass is 240 g/mol. The molecule has 1 rings (SSSR count). The Morgan fingerprint density at radius 2 is 2.12 bits per heavy atom. The summed E-state index contributed by atoms with van der Waals surface area (Å²) < 4.78 is 0. The Hall–Kier alpha value is -0.900. The van der Waals surface area contributed by atoms with E-state index in [9.17, 15) is 4.79 Å². The molecular weight excluding hydrogens is 220 g/mol. The number of amides is 1. The Balaban J connectivity index is 2.57. The molecule has 0 aliphatic heterocycles. The summed E-state index contributed by atoms with van der Waals surface area (Å²) in [4.78, 5) is 18.2. The van der Waals surface area contributed by atoms with Gasteiger partial charge in [0.05, 0.1) is 17.2 Å². The molecule has 0 aliphatic rings. The lowest BCUT2D eigenvalue weighted by Gasteiger charge is -2.21. The number of rotatable bonds is 5. The van der Waals surface area contributed by atoms with Gasteiger partial charge < -0.3 is 4.90 Å². The Labute approximate surface area is 101 Å². The number of carbonyl (C=O) groups excluding carboxylic acids is 1. The summed E-state index contributed by atoms with van der Waals surface area (Å²) in [6.07, 6.45) is 1.82. The van der Waals surface area contributed by atoms with Crippen LogP contribution in [-0.4, -0.2) is 22.8 Å². The second-order valence-electron chi connectivity index (χ2n) is 4.07. The van der Waals surface area contributed by atoms with Crippen molar-refractivity contribution in [1.29, 1.82) is 0 Å². The van der Waals surface area contributed by atoms with Crippen molar-refractivity contribution in [2.45, 2.75) is 40.2 Å². The minimum absolute atomic E-state index is 0.157. The molecule has 0 spiro atoms. The molecule has 0 saturated carbocycles. The third-order valence-corrected chi connectivity index (χ3v) is 3.60. The van der Waals surface area contributed by atoms with Gasteiger partial charge in [-0.1, -0.05) is 13.8 Å². The van der Waals surface area contributed by atoms with Crippen molar-refractivity contribution in [1.82, 2.24) is 9.88 Å². The first-order valence-corrected chi connectivity index (χ1v) is 6.62. The number of thiazole rings is 1. The summed E-state index contributed by atoms with van der Waals surface area (Å²) in [7, 11) is 1.86. The van der Waals surface area contributed by atoms with Gasteiger partial charge in [-0.15, -0.1) is 11.3 Å². The van der Waals surface area contributed by atoms with Crippen LogP contribution in [0.4, 0.5) is 0 Å². The Morgan fingerprint density at radius 3 is 2.56 bits per heavy atom. The van der Waals surface area contributed by atoms with Crippen LogP contribution in [0.5, 0.6) is 0 Å². The van der Waals surface area contributed by atoms with Crippen LogP contribution in [0.1, 0.15) is 37.4 Å². The van der Waals surface area contributed by atoms with Gasteiger partial charge in [0.2, 0.25) is 5.91 Å². The van der Waals surface area contributed by atoms with Crippen molar-refractivity contribution < 1.29 is 4.79 Å². The van der Waals surface area contributed by atoms with E-state index in [-0.39, 0.29) is 11.8 Å². The summed E-state index contributed by atoms with van der Waals surface area (Å²) in [5.74, 6) is 0.389. The highest BCUT2D eigenvalue weighted by Gasteiger charge is 2.18. The molecule has 0 unspecified atom stereocenters. The predicted molar refractivity (Wildman–Crippen MR) is 67.4 cm³/mol. The van der Waals surface area contributed by atoms with E-state index >= 15 is 0 Å². The standard InChI is InChI=1S/C12H20N2OS/c1-5-10(6-2)12(15)14(4)7-11-8-16-9(3)13-11/h8,10H,5-7H2,1-4H3. The lowest BCUT2D eigenvalue weighted by molar-refractivity contribution is -0.135. The molecule has 1 aromatic heterocycles. The van der Waals surface area contributed by atoms with Gasteiger partial charge in [0.1, 0.15) is 0 Å². The average Bonchev–Trinajstić information content (AvgIpc) is 2.65. The van der Waals surface area contributed by atoms with E-state index in [0.29, 0.717) is 6.54 Å². The van der Waals surface area contributed by atoms with Gasteiger partial charge in [-0.2, -0.15) is 0 Å². The van der Waals surface area contributed by atoms with E-state index in [0.717, 1.165) is 23.5 Å². The zero-order chi connectivity index (χ0) is 12.1. The fourth-order valence-corrected chi connectivity index (χ4v) is 2.36. The van der Waals surface area contributed by atoms with E-state index in [4.69, 9.17) is 0 Å².